The third kappa shape index (κ3) is 5.53. The Morgan fingerprint density at radius 3 is 2.53 bits per heavy atom. The van der Waals surface area contributed by atoms with Crippen molar-refractivity contribution >= 4 is 17.8 Å². The number of rotatable bonds is 9. The molecule has 0 saturated carbocycles. The summed E-state index contributed by atoms with van der Waals surface area (Å²) in [6.07, 6.45) is 0.885. The van der Waals surface area contributed by atoms with E-state index in [2.05, 4.69) is 15.5 Å². The summed E-state index contributed by atoms with van der Waals surface area (Å²) in [5.41, 5.74) is 1.26. The van der Waals surface area contributed by atoms with Gasteiger partial charge in [0.05, 0.1) is 30.8 Å². The molecule has 0 atom stereocenters. The van der Waals surface area contributed by atoms with E-state index in [1.54, 1.807) is 13.8 Å². The summed E-state index contributed by atoms with van der Waals surface area (Å²) in [5.74, 6) is -0.424. The van der Waals surface area contributed by atoms with Crippen molar-refractivity contribution < 1.29 is 19.2 Å². The summed E-state index contributed by atoms with van der Waals surface area (Å²) >= 11 is 0. The molecule has 0 bridgehead atoms. The van der Waals surface area contributed by atoms with Crippen LogP contribution in [0.15, 0.2) is 26.8 Å². The Kier molecular flexibility index (Phi) is 7.44. The highest BCUT2D eigenvalue weighted by Crippen LogP contribution is 2.38. The largest absolute Gasteiger partial charge is 0.490 e. The average molecular weight is 419 g/mol. The molecular weight excluding hydrogens is 398 g/mol. The molecule has 30 heavy (non-hydrogen) atoms. The third-order valence-corrected chi connectivity index (χ3v) is 3.84. The Balaban J connectivity index is 2.21. The van der Waals surface area contributed by atoms with E-state index in [0.717, 1.165) is 0 Å². The van der Waals surface area contributed by atoms with E-state index in [1.807, 2.05) is 4.98 Å². The maximum Gasteiger partial charge on any atom is 0.325 e. The highest BCUT2D eigenvalue weighted by molar-refractivity contribution is 5.85. The number of hydrogen-bond acceptors (Lipinski definition) is 8. The Bertz CT molecular complexity index is 1090. The van der Waals surface area contributed by atoms with E-state index in [4.69, 9.17) is 9.47 Å². The number of carbonyl (C=O) groups is 1. The lowest BCUT2D eigenvalue weighted by molar-refractivity contribution is -0.385. The molecule has 0 aliphatic carbocycles. The van der Waals surface area contributed by atoms with Crippen LogP contribution in [0.3, 0.4) is 0 Å². The van der Waals surface area contributed by atoms with Crippen LogP contribution in [0.4, 0.5) is 5.69 Å². The Morgan fingerprint density at radius 2 is 1.93 bits per heavy atom. The van der Waals surface area contributed by atoms with Crippen molar-refractivity contribution in [2.75, 3.05) is 13.2 Å². The lowest BCUT2D eigenvalue weighted by Gasteiger charge is -2.11. The maximum atomic E-state index is 12.1. The fourth-order valence-electron chi connectivity index (χ4n) is 2.59. The second-order valence-corrected chi connectivity index (χ2v) is 5.97. The molecule has 160 valence electrons. The molecule has 3 N–H and O–H groups in total. The normalized spacial score (nSPS) is 10.8. The van der Waals surface area contributed by atoms with Crippen molar-refractivity contribution in [3.05, 3.63) is 59.9 Å². The predicted octanol–water partition coefficient (Wildman–Crippen LogP) is 0.770. The van der Waals surface area contributed by atoms with Gasteiger partial charge in [-0.25, -0.2) is 10.2 Å². The van der Waals surface area contributed by atoms with Crippen molar-refractivity contribution in [2.24, 2.45) is 5.10 Å². The van der Waals surface area contributed by atoms with E-state index in [0.29, 0.717) is 5.56 Å². The molecule has 12 nitrogen and oxygen atoms in total. The molecule has 1 aromatic carbocycles. The number of hydrazone groups is 1. The highest BCUT2D eigenvalue weighted by atomic mass is 16.6. The first-order valence-corrected chi connectivity index (χ1v) is 8.98. The molecule has 1 amide bonds. The van der Waals surface area contributed by atoms with E-state index >= 15 is 0 Å². The Hall–Kier alpha value is -3.96. The van der Waals surface area contributed by atoms with Gasteiger partial charge in [-0.05, 0) is 26.8 Å². The monoisotopic (exact) mass is 419 g/mol. The molecule has 0 spiro atoms. The minimum Gasteiger partial charge on any atom is -0.490 e. The summed E-state index contributed by atoms with van der Waals surface area (Å²) in [5, 5.41) is 15.1. The van der Waals surface area contributed by atoms with Crippen LogP contribution in [0.5, 0.6) is 11.5 Å². The number of nitro benzene ring substituents is 1. The number of aryl methyl sites for hydroxylation is 1. The number of benzene rings is 1. The number of nitro groups is 1. The van der Waals surface area contributed by atoms with Crippen molar-refractivity contribution in [2.45, 2.75) is 27.2 Å². The number of ether oxygens (including phenoxy) is 2. The molecule has 2 rings (SSSR count). The first-order chi connectivity index (χ1) is 14.3. The zero-order valence-corrected chi connectivity index (χ0v) is 16.6. The average Bonchev–Trinajstić information content (AvgIpc) is 2.66. The van der Waals surface area contributed by atoms with Gasteiger partial charge < -0.3 is 14.5 Å². The van der Waals surface area contributed by atoms with Gasteiger partial charge in [-0.2, -0.15) is 5.10 Å². The van der Waals surface area contributed by atoms with Crippen LogP contribution in [-0.4, -0.2) is 40.2 Å². The van der Waals surface area contributed by atoms with Crippen LogP contribution in [0.1, 0.15) is 30.7 Å². The van der Waals surface area contributed by atoms with Gasteiger partial charge in [0.25, 0.3) is 5.56 Å². The number of aromatic nitrogens is 2. The van der Waals surface area contributed by atoms with Crippen LogP contribution in [-0.2, 0) is 11.2 Å². The van der Waals surface area contributed by atoms with Gasteiger partial charge in [-0.3, -0.25) is 24.7 Å². The molecular formula is C18H21N5O7. The summed E-state index contributed by atoms with van der Waals surface area (Å²) in [4.78, 5) is 50.3. The molecule has 0 aliphatic rings. The first-order valence-electron chi connectivity index (χ1n) is 8.98. The third-order valence-electron chi connectivity index (χ3n) is 3.84. The number of H-pyrrole nitrogens is 2. The minimum atomic E-state index is -0.668. The molecule has 1 aromatic heterocycles. The van der Waals surface area contributed by atoms with Gasteiger partial charge in [-0.15, -0.1) is 0 Å². The van der Waals surface area contributed by atoms with E-state index in [-0.39, 0.29) is 48.1 Å². The number of amides is 1. The topological polar surface area (TPSA) is 169 Å². The van der Waals surface area contributed by atoms with Crippen LogP contribution in [0.2, 0.25) is 0 Å². The van der Waals surface area contributed by atoms with Gasteiger partial charge in [0.2, 0.25) is 11.7 Å². The molecule has 1 heterocycles. The van der Waals surface area contributed by atoms with Gasteiger partial charge in [-0.1, -0.05) is 0 Å². The van der Waals surface area contributed by atoms with Crippen molar-refractivity contribution in [3.8, 4) is 11.5 Å². The Labute approximate surface area is 170 Å². The highest BCUT2D eigenvalue weighted by Gasteiger charge is 2.22. The zero-order valence-electron chi connectivity index (χ0n) is 16.6. The van der Waals surface area contributed by atoms with E-state index < -0.39 is 22.1 Å². The standard InChI is InChI=1S/C18H21N5O7/c1-4-29-14-7-11(6-13(23(27)28)16(14)30-5-2)9-19-22-15(24)8-12-10(3)20-18(26)21-17(12)25/h6-7,9H,4-5,8H2,1-3H3,(H,22,24)(H2,20,21,25,26)/b19-9-. The summed E-state index contributed by atoms with van der Waals surface area (Å²) in [6.45, 7) is 5.40. The minimum absolute atomic E-state index is 0.0123. The predicted molar refractivity (Wildman–Crippen MR) is 107 cm³/mol. The lowest BCUT2D eigenvalue weighted by atomic mass is 10.1. The van der Waals surface area contributed by atoms with Gasteiger partial charge in [0.1, 0.15) is 0 Å². The molecule has 2 aromatic rings. The number of nitrogens with zero attached hydrogens (tertiary/aromatic N) is 2. The van der Waals surface area contributed by atoms with Crippen LogP contribution < -0.4 is 26.1 Å². The van der Waals surface area contributed by atoms with Crippen LogP contribution >= 0.6 is 0 Å². The number of aromatic amines is 2. The smallest absolute Gasteiger partial charge is 0.325 e. The molecule has 0 unspecified atom stereocenters. The van der Waals surface area contributed by atoms with Crippen LogP contribution in [0.25, 0.3) is 0 Å². The number of carbonyl (C=O) groups excluding carboxylic acids is 1. The number of nitrogens with one attached hydrogen (secondary N) is 3. The van der Waals surface area contributed by atoms with Crippen molar-refractivity contribution in [3.63, 3.8) is 0 Å². The summed E-state index contributed by atoms with van der Waals surface area (Å²) in [6, 6.07) is 2.73. The fraction of sp³-hybridized carbons (Fsp3) is 0.333. The maximum absolute atomic E-state index is 12.1. The molecule has 0 radical (unpaired) electrons. The first kappa shape index (κ1) is 22.3. The van der Waals surface area contributed by atoms with Crippen molar-refractivity contribution in [1.29, 1.82) is 0 Å². The lowest BCUT2D eigenvalue weighted by Crippen LogP contribution is -2.30. The molecule has 12 heteroatoms. The SMILES string of the molecule is CCOc1cc(/C=N\NC(=O)Cc2c(C)[nH]c(=O)[nH]c2=O)cc([N+](=O)[O-])c1OCC. The summed E-state index contributed by atoms with van der Waals surface area (Å²) in [7, 11) is 0. The molecule has 0 aliphatic heterocycles. The van der Waals surface area contributed by atoms with Crippen LogP contribution in [0, 0.1) is 17.0 Å². The van der Waals surface area contributed by atoms with Crippen molar-refractivity contribution in [1.82, 2.24) is 15.4 Å². The Morgan fingerprint density at radius 1 is 1.23 bits per heavy atom. The molecule has 0 fully saturated rings. The van der Waals surface area contributed by atoms with Gasteiger partial charge >= 0.3 is 11.4 Å². The fourth-order valence-corrected chi connectivity index (χ4v) is 2.59. The zero-order chi connectivity index (χ0) is 22.3. The number of hydrogen-bond donors (Lipinski definition) is 3. The quantitative estimate of drug-likeness (QED) is 0.306. The van der Waals surface area contributed by atoms with E-state index in [9.17, 15) is 24.5 Å². The van der Waals surface area contributed by atoms with E-state index in [1.165, 1.54) is 25.3 Å². The summed E-state index contributed by atoms with van der Waals surface area (Å²) < 4.78 is 10.8. The van der Waals surface area contributed by atoms with Gasteiger partial charge in [0, 0.05) is 22.9 Å². The van der Waals surface area contributed by atoms with Gasteiger partial charge in [0.15, 0.2) is 5.75 Å². The molecule has 0 saturated heterocycles. The second kappa shape index (κ2) is 10.0. The second-order valence-electron chi connectivity index (χ2n) is 5.97.